The standard InChI is InChI=1S/C9H12N5O7P/c10-8-12-6-5(7(15)13-8)11-3-14(6)4-20-1-2-21-22(18,19)9(16)17/h3H,1-2,4H2,(H,16,17)(H,18,19)(H3,10,12,13,15). The molecule has 1 unspecified atom stereocenters. The molecule has 5 N–H and O–H groups in total. The van der Waals surface area contributed by atoms with E-state index in [1.807, 2.05) is 0 Å². The molecule has 2 aromatic heterocycles. The zero-order valence-corrected chi connectivity index (χ0v) is 11.9. The Morgan fingerprint density at radius 1 is 1.50 bits per heavy atom. The third-order valence-electron chi connectivity index (χ3n) is 2.46. The molecule has 0 radical (unpaired) electrons. The Morgan fingerprint density at radius 3 is 2.91 bits per heavy atom. The number of nitrogens with one attached hydrogen (secondary N) is 1. The summed E-state index contributed by atoms with van der Waals surface area (Å²) in [6.07, 6.45) is 1.31. The number of aromatic nitrogens is 4. The zero-order valence-electron chi connectivity index (χ0n) is 11.0. The number of H-pyrrole nitrogens is 1. The maximum atomic E-state index is 11.5. The lowest BCUT2D eigenvalue weighted by Crippen LogP contribution is -2.13. The van der Waals surface area contributed by atoms with Gasteiger partial charge < -0.3 is 20.5 Å². The number of hydrogen-bond donors (Lipinski definition) is 4. The molecule has 0 spiro atoms. The van der Waals surface area contributed by atoms with E-state index in [1.165, 1.54) is 10.9 Å². The van der Waals surface area contributed by atoms with Crippen LogP contribution in [0.2, 0.25) is 0 Å². The molecule has 0 aromatic carbocycles. The third-order valence-corrected chi connectivity index (χ3v) is 3.48. The highest BCUT2D eigenvalue weighted by atomic mass is 31.2. The highest BCUT2D eigenvalue weighted by Gasteiger charge is 2.29. The van der Waals surface area contributed by atoms with Gasteiger partial charge in [0, 0.05) is 0 Å². The summed E-state index contributed by atoms with van der Waals surface area (Å²) >= 11 is 0. The number of fused-ring (bicyclic) bond motifs is 1. The first-order valence-corrected chi connectivity index (χ1v) is 7.38. The largest absolute Gasteiger partial charge is 0.472 e. The van der Waals surface area contributed by atoms with Crippen LogP contribution in [0.15, 0.2) is 11.1 Å². The van der Waals surface area contributed by atoms with Crippen LogP contribution in [0, 0.1) is 0 Å². The molecule has 0 aliphatic rings. The first-order valence-electron chi connectivity index (χ1n) is 5.80. The molecule has 2 rings (SSSR count). The lowest BCUT2D eigenvalue weighted by molar-refractivity contribution is 0.0529. The fraction of sp³-hybridized carbons (Fsp3) is 0.333. The molecule has 0 saturated heterocycles. The van der Waals surface area contributed by atoms with Crippen molar-refractivity contribution in [2.24, 2.45) is 0 Å². The van der Waals surface area contributed by atoms with Gasteiger partial charge in [0.25, 0.3) is 5.56 Å². The number of hydrogen-bond acceptors (Lipinski definition) is 8. The van der Waals surface area contributed by atoms with E-state index in [2.05, 4.69) is 19.5 Å². The fourth-order valence-corrected chi connectivity index (χ4v) is 1.94. The normalized spacial score (nSPS) is 14.0. The minimum absolute atomic E-state index is 0.0785. The van der Waals surface area contributed by atoms with E-state index < -0.39 is 25.5 Å². The number of nitrogens with zero attached hydrogens (tertiary/aromatic N) is 3. The summed E-state index contributed by atoms with van der Waals surface area (Å²) in [6.45, 7) is -0.641. The van der Waals surface area contributed by atoms with Gasteiger partial charge in [-0.3, -0.25) is 18.9 Å². The molecule has 0 bridgehead atoms. The second-order valence-corrected chi connectivity index (χ2v) is 5.69. The van der Waals surface area contributed by atoms with Crippen LogP contribution < -0.4 is 11.3 Å². The molecule has 0 fully saturated rings. The molecular weight excluding hydrogens is 321 g/mol. The summed E-state index contributed by atoms with van der Waals surface area (Å²) in [5.74, 6) is -0.0785. The van der Waals surface area contributed by atoms with Crippen LogP contribution in [0.4, 0.5) is 10.7 Å². The van der Waals surface area contributed by atoms with Crippen LogP contribution in [-0.4, -0.2) is 48.4 Å². The first kappa shape index (κ1) is 16.1. The van der Waals surface area contributed by atoms with E-state index >= 15 is 0 Å². The molecule has 120 valence electrons. The van der Waals surface area contributed by atoms with Gasteiger partial charge in [-0.25, -0.2) is 14.3 Å². The van der Waals surface area contributed by atoms with Crippen molar-refractivity contribution in [3.8, 4) is 0 Å². The van der Waals surface area contributed by atoms with Crippen LogP contribution in [0.5, 0.6) is 0 Å². The Balaban J connectivity index is 1.92. The lowest BCUT2D eigenvalue weighted by Gasteiger charge is -2.08. The Hall–Kier alpha value is -2.27. The maximum absolute atomic E-state index is 11.5. The van der Waals surface area contributed by atoms with E-state index in [0.29, 0.717) is 0 Å². The van der Waals surface area contributed by atoms with E-state index in [9.17, 15) is 14.2 Å². The average molecular weight is 333 g/mol. The number of ether oxygens (including phenoxy) is 1. The maximum Gasteiger partial charge on any atom is 0.435 e. The van der Waals surface area contributed by atoms with Crippen molar-refractivity contribution in [1.29, 1.82) is 0 Å². The molecule has 0 amide bonds. The van der Waals surface area contributed by atoms with Crippen LogP contribution >= 0.6 is 7.60 Å². The Morgan fingerprint density at radius 2 is 2.23 bits per heavy atom. The monoisotopic (exact) mass is 333 g/mol. The van der Waals surface area contributed by atoms with Crippen molar-refractivity contribution >= 4 is 30.4 Å². The number of carbonyl (C=O) groups is 1. The summed E-state index contributed by atoms with van der Waals surface area (Å²) in [6, 6.07) is 0. The first-order chi connectivity index (χ1) is 10.3. The van der Waals surface area contributed by atoms with Gasteiger partial charge in [-0.15, -0.1) is 0 Å². The van der Waals surface area contributed by atoms with E-state index in [1.54, 1.807) is 0 Å². The van der Waals surface area contributed by atoms with Crippen molar-refractivity contribution in [3.63, 3.8) is 0 Å². The predicted molar refractivity (Wildman–Crippen MR) is 72.3 cm³/mol. The van der Waals surface area contributed by atoms with Crippen LogP contribution in [0.3, 0.4) is 0 Å². The number of anilines is 1. The van der Waals surface area contributed by atoms with E-state index in [-0.39, 0.29) is 30.4 Å². The number of rotatable bonds is 7. The van der Waals surface area contributed by atoms with Crippen molar-refractivity contribution < 1.29 is 28.6 Å². The summed E-state index contributed by atoms with van der Waals surface area (Å²) in [5, 5.41) is 8.37. The molecule has 1 atom stereocenters. The Bertz CT molecular complexity index is 799. The van der Waals surface area contributed by atoms with E-state index in [4.69, 9.17) is 20.5 Å². The summed E-state index contributed by atoms with van der Waals surface area (Å²) in [7, 11) is -4.67. The Labute approximate surface area is 122 Å². The van der Waals surface area contributed by atoms with Gasteiger partial charge in [0.2, 0.25) is 5.95 Å². The number of nitrogens with two attached hydrogens (primary N) is 1. The summed E-state index contributed by atoms with van der Waals surface area (Å²) in [5.41, 5.74) is 3.28. The Kier molecular flexibility index (Phi) is 4.56. The predicted octanol–water partition coefficient (Wildman–Crippen LogP) is -0.444. The van der Waals surface area contributed by atoms with Crippen LogP contribution in [0.1, 0.15) is 0 Å². The van der Waals surface area contributed by atoms with Gasteiger partial charge in [0.05, 0.1) is 19.5 Å². The van der Waals surface area contributed by atoms with Gasteiger partial charge in [0.15, 0.2) is 11.2 Å². The van der Waals surface area contributed by atoms with Crippen molar-refractivity contribution in [2.45, 2.75) is 6.73 Å². The highest BCUT2D eigenvalue weighted by Crippen LogP contribution is 2.42. The van der Waals surface area contributed by atoms with Gasteiger partial charge >= 0.3 is 13.3 Å². The number of nitrogen functional groups attached to an aromatic ring is 1. The molecule has 0 saturated carbocycles. The van der Waals surface area contributed by atoms with Crippen molar-refractivity contribution in [2.75, 3.05) is 18.9 Å². The smallest absolute Gasteiger partial charge is 0.435 e. The summed E-state index contributed by atoms with van der Waals surface area (Å²) in [4.78, 5) is 40.8. The molecule has 0 aliphatic heterocycles. The number of imidazole rings is 1. The quantitative estimate of drug-likeness (QED) is 0.382. The molecule has 12 nitrogen and oxygen atoms in total. The van der Waals surface area contributed by atoms with Crippen molar-refractivity contribution in [1.82, 2.24) is 19.5 Å². The second-order valence-electron chi connectivity index (χ2n) is 4.01. The zero-order chi connectivity index (χ0) is 16.3. The topological polar surface area (TPSA) is 183 Å². The minimum atomic E-state index is -4.67. The lowest BCUT2D eigenvalue weighted by atomic mass is 10.5. The molecular formula is C9H12N5O7P. The summed E-state index contributed by atoms with van der Waals surface area (Å²) < 4.78 is 21.8. The van der Waals surface area contributed by atoms with Gasteiger partial charge in [-0.05, 0) is 0 Å². The molecule has 2 aromatic rings. The fourth-order valence-electron chi connectivity index (χ4n) is 1.50. The molecule has 13 heteroatoms. The van der Waals surface area contributed by atoms with E-state index in [0.717, 1.165) is 0 Å². The van der Waals surface area contributed by atoms with Crippen LogP contribution in [0.25, 0.3) is 11.2 Å². The third kappa shape index (κ3) is 3.49. The number of aromatic amines is 1. The minimum Gasteiger partial charge on any atom is -0.472 e. The molecule has 22 heavy (non-hydrogen) atoms. The molecule has 2 heterocycles. The van der Waals surface area contributed by atoms with Gasteiger partial charge in [-0.1, -0.05) is 0 Å². The van der Waals surface area contributed by atoms with Gasteiger partial charge in [0.1, 0.15) is 6.73 Å². The highest BCUT2D eigenvalue weighted by molar-refractivity contribution is 7.70. The molecule has 0 aliphatic carbocycles. The number of carboxylic acid groups (broad SMARTS) is 1. The van der Waals surface area contributed by atoms with Crippen LogP contribution in [-0.2, 0) is 20.6 Å². The second kappa shape index (κ2) is 6.23. The van der Waals surface area contributed by atoms with Crippen molar-refractivity contribution in [3.05, 3.63) is 16.7 Å². The average Bonchev–Trinajstić information content (AvgIpc) is 2.81. The van der Waals surface area contributed by atoms with Gasteiger partial charge in [-0.2, -0.15) is 4.98 Å². The SMILES string of the molecule is Nc1nc2c(ncn2COCCOP(=O)(O)C(=O)O)c(=O)[nH]1.